The third kappa shape index (κ3) is 5.07. The van der Waals surface area contributed by atoms with E-state index in [4.69, 9.17) is 14.6 Å². The van der Waals surface area contributed by atoms with Crippen LogP contribution in [-0.4, -0.2) is 66.9 Å². The van der Waals surface area contributed by atoms with Crippen molar-refractivity contribution in [2.45, 2.75) is 43.7 Å². The summed E-state index contributed by atoms with van der Waals surface area (Å²) in [5.41, 5.74) is 4.54. The summed E-state index contributed by atoms with van der Waals surface area (Å²) in [5, 5.41) is 11.8. The molecule has 180 valence electrons. The van der Waals surface area contributed by atoms with E-state index < -0.39 is 18.2 Å². The molecule has 0 saturated carbocycles. The number of amides is 2. The van der Waals surface area contributed by atoms with Gasteiger partial charge in [-0.2, -0.15) is 0 Å². The molecule has 2 aromatic rings. The number of rotatable bonds is 8. The molecular weight excluding hydrogens is 436 g/mol. The number of hydrogen-bond donors (Lipinski definition) is 2. The van der Waals surface area contributed by atoms with Crippen molar-refractivity contribution in [2.24, 2.45) is 0 Å². The third-order valence-corrected chi connectivity index (χ3v) is 6.66. The highest BCUT2D eigenvalue weighted by Gasteiger charge is 2.33. The van der Waals surface area contributed by atoms with E-state index in [0.29, 0.717) is 13.0 Å². The molecule has 2 aliphatic rings. The monoisotopic (exact) mass is 466 g/mol. The highest BCUT2D eigenvalue weighted by molar-refractivity contribution is 5.83. The number of benzene rings is 2. The maximum atomic E-state index is 13.0. The number of carboxylic acids is 1. The van der Waals surface area contributed by atoms with Crippen LogP contribution >= 0.6 is 0 Å². The smallest absolute Gasteiger partial charge is 0.407 e. The molecule has 1 aliphatic heterocycles. The highest BCUT2D eigenvalue weighted by atomic mass is 16.5. The van der Waals surface area contributed by atoms with Crippen LogP contribution < -0.4 is 5.32 Å². The number of carbonyl (C=O) groups excluding carboxylic acids is 2. The van der Waals surface area contributed by atoms with Gasteiger partial charge in [-0.1, -0.05) is 48.5 Å². The molecule has 34 heavy (non-hydrogen) atoms. The van der Waals surface area contributed by atoms with Gasteiger partial charge in [0, 0.05) is 25.6 Å². The first-order chi connectivity index (χ1) is 16.5. The molecule has 0 bridgehead atoms. The van der Waals surface area contributed by atoms with Gasteiger partial charge in [-0.3, -0.25) is 9.59 Å². The number of likely N-dealkylation sites (tertiary alicyclic amines) is 1. The first-order valence-corrected chi connectivity index (χ1v) is 11.6. The number of nitrogens with one attached hydrogen (secondary N) is 1. The third-order valence-electron chi connectivity index (χ3n) is 6.66. The maximum absolute atomic E-state index is 13.0. The molecule has 0 aromatic heterocycles. The van der Waals surface area contributed by atoms with Crippen molar-refractivity contribution < 1.29 is 29.0 Å². The van der Waals surface area contributed by atoms with Gasteiger partial charge >= 0.3 is 12.1 Å². The van der Waals surface area contributed by atoms with Crippen molar-refractivity contribution in [1.82, 2.24) is 10.2 Å². The van der Waals surface area contributed by atoms with Gasteiger partial charge in [0.25, 0.3) is 5.91 Å². The summed E-state index contributed by atoms with van der Waals surface area (Å²) >= 11 is 0. The molecule has 1 aliphatic carbocycles. The standard InChI is InChI=1S/C26H30N2O6/c1-33-23(25(31)28-13-7-6-8-17(28)14-24(29)30)15-27-26(32)34-16-22-20-11-4-2-9-18(20)19-10-3-5-12-21(19)22/h2-5,9-12,17,22-23H,6-8,13-16H2,1H3,(H,27,32)(H,29,30)/t17-,23?/m0/s1. The largest absolute Gasteiger partial charge is 0.481 e. The second-order valence-electron chi connectivity index (χ2n) is 8.71. The molecule has 0 radical (unpaired) electrons. The molecule has 1 fully saturated rings. The fourth-order valence-corrected chi connectivity index (χ4v) is 4.99. The predicted molar refractivity (Wildman–Crippen MR) is 125 cm³/mol. The minimum atomic E-state index is -0.935. The quantitative estimate of drug-likeness (QED) is 0.618. The van der Waals surface area contributed by atoms with Gasteiger partial charge in [0.15, 0.2) is 6.10 Å². The molecule has 1 unspecified atom stereocenters. The number of aliphatic carboxylic acids is 1. The fourth-order valence-electron chi connectivity index (χ4n) is 4.99. The number of alkyl carbamates (subject to hydrolysis) is 1. The molecule has 4 rings (SSSR count). The number of carboxylic acid groups (broad SMARTS) is 1. The molecule has 8 heteroatoms. The first kappa shape index (κ1) is 23.8. The Morgan fingerprint density at radius 2 is 1.71 bits per heavy atom. The average Bonchev–Trinajstić information content (AvgIpc) is 3.16. The van der Waals surface area contributed by atoms with Crippen molar-refractivity contribution in [1.29, 1.82) is 0 Å². The number of carbonyl (C=O) groups is 3. The first-order valence-electron chi connectivity index (χ1n) is 11.6. The van der Waals surface area contributed by atoms with Gasteiger partial charge in [-0.05, 0) is 41.5 Å². The van der Waals surface area contributed by atoms with Crippen molar-refractivity contribution in [3.63, 3.8) is 0 Å². The molecule has 2 atom stereocenters. The van der Waals surface area contributed by atoms with E-state index in [1.807, 2.05) is 36.4 Å². The van der Waals surface area contributed by atoms with E-state index in [-0.39, 0.29) is 37.4 Å². The zero-order valence-corrected chi connectivity index (χ0v) is 19.2. The van der Waals surface area contributed by atoms with E-state index in [0.717, 1.165) is 35.1 Å². The summed E-state index contributed by atoms with van der Waals surface area (Å²) < 4.78 is 10.9. The van der Waals surface area contributed by atoms with Crippen LogP contribution in [0.15, 0.2) is 48.5 Å². The van der Waals surface area contributed by atoms with E-state index in [2.05, 4.69) is 17.4 Å². The van der Waals surface area contributed by atoms with Crippen LogP contribution in [0.3, 0.4) is 0 Å². The van der Waals surface area contributed by atoms with Crippen LogP contribution in [0.4, 0.5) is 4.79 Å². The Labute approximate surface area is 198 Å². The lowest BCUT2D eigenvalue weighted by Crippen LogP contribution is -2.52. The molecule has 2 N–H and O–H groups in total. The summed E-state index contributed by atoms with van der Waals surface area (Å²) in [6.07, 6.45) is 0.721. The van der Waals surface area contributed by atoms with Crippen LogP contribution in [0.1, 0.15) is 42.7 Å². The summed E-state index contributed by atoms with van der Waals surface area (Å²) in [7, 11) is 1.40. The maximum Gasteiger partial charge on any atom is 0.407 e. The van der Waals surface area contributed by atoms with Crippen LogP contribution in [0, 0.1) is 0 Å². The summed E-state index contributed by atoms with van der Waals surface area (Å²) in [5.74, 6) is -1.30. The van der Waals surface area contributed by atoms with Crippen molar-refractivity contribution in [2.75, 3.05) is 26.8 Å². The topological polar surface area (TPSA) is 105 Å². The van der Waals surface area contributed by atoms with Gasteiger partial charge in [0.2, 0.25) is 0 Å². The number of hydrogen-bond acceptors (Lipinski definition) is 5. The van der Waals surface area contributed by atoms with Gasteiger partial charge in [0.1, 0.15) is 6.61 Å². The Morgan fingerprint density at radius 3 is 2.32 bits per heavy atom. The number of nitrogens with zero attached hydrogens (tertiary/aromatic N) is 1. The van der Waals surface area contributed by atoms with Crippen LogP contribution in [-0.2, 0) is 19.1 Å². The molecule has 8 nitrogen and oxygen atoms in total. The van der Waals surface area contributed by atoms with E-state index in [1.54, 1.807) is 4.90 Å². The SMILES string of the molecule is COC(CNC(=O)OCC1c2ccccc2-c2ccccc21)C(=O)N1CCCC[C@H]1CC(=O)O. The normalized spacial score (nSPS) is 18.0. The minimum absolute atomic E-state index is 0.0527. The van der Waals surface area contributed by atoms with Crippen LogP contribution in [0.2, 0.25) is 0 Å². The number of fused-ring (bicyclic) bond motifs is 3. The van der Waals surface area contributed by atoms with Gasteiger partial charge in [-0.25, -0.2) is 4.79 Å². The molecule has 1 heterocycles. The Bertz CT molecular complexity index is 1010. The Hall–Kier alpha value is -3.39. The Morgan fingerprint density at radius 1 is 1.06 bits per heavy atom. The molecule has 2 aromatic carbocycles. The molecule has 0 spiro atoms. The zero-order chi connectivity index (χ0) is 24.1. The summed E-state index contributed by atoms with van der Waals surface area (Å²) in [6.45, 7) is 0.613. The number of methoxy groups -OCH3 is 1. The average molecular weight is 467 g/mol. The summed E-state index contributed by atoms with van der Waals surface area (Å²) in [4.78, 5) is 38.2. The second-order valence-corrected chi connectivity index (χ2v) is 8.71. The molecule has 1 saturated heterocycles. The lowest BCUT2D eigenvalue weighted by Gasteiger charge is -2.36. The van der Waals surface area contributed by atoms with Gasteiger partial charge in [-0.15, -0.1) is 0 Å². The van der Waals surface area contributed by atoms with Crippen LogP contribution in [0.5, 0.6) is 0 Å². The minimum Gasteiger partial charge on any atom is -0.481 e. The lowest BCUT2D eigenvalue weighted by atomic mass is 9.98. The van der Waals surface area contributed by atoms with E-state index in [9.17, 15) is 14.4 Å². The van der Waals surface area contributed by atoms with Crippen LogP contribution in [0.25, 0.3) is 11.1 Å². The molecule has 2 amide bonds. The number of piperidine rings is 1. The zero-order valence-electron chi connectivity index (χ0n) is 19.2. The van der Waals surface area contributed by atoms with Gasteiger partial charge < -0.3 is 24.8 Å². The lowest BCUT2D eigenvalue weighted by molar-refractivity contribution is -0.148. The summed E-state index contributed by atoms with van der Waals surface area (Å²) in [6, 6.07) is 15.8. The molecular formula is C26H30N2O6. The van der Waals surface area contributed by atoms with E-state index in [1.165, 1.54) is 7.11 Å². The van der Waals surface area contributed by atoms with Gasteiger partial charge in [0.05, 0.1) is 13.0 Å². The number of ether oxygens (including phenoxy) is 2. The van der Waals surface area contributed by atoms with E-state index >= 15 is 0 Å². The predicted octanol–water partition coefficient (Wildman–Crippen LogP) is 3.40. The highest BCUT2D eigenvalue weighted by Crippen LogP contribution is 2.44. The second kappa shape index (κ2) is 10.7. The Balaban J connectivity index is 1.33. The van der Waals surface area contributed by atoms with Crippen molar-refractivity contribution >= 4 is 18.0 Å². The fraction of sp³-hybridized carbons (Fsp3) is 0.423. The van der Waals surface area contributed by atoms with Crippen molar-refractivity contribution in [3.8, 4) is 11.1 Å². The van der Waals surface area contributed by atoms with Crippen molar-refractivity contribution in [3.05, 3.63) is 59.7 Å². The Kier molecular flexibility index (Phi) is 7.47.